The molecular formula is C17H28N2O. The summed E-state index contributed by atoms with van der Waals surface area (Å²) < 4.78 is 6.07. The van der Waals surface area contributed by atoms with Crippen LogP contribution in [0.2, 0.25) is 0 Å². The molecule has 1 aromatic heterocycles. The maximum atomic E-state index is 6.07. The van der Waals surface area contributed by atoms with Crippen molar-refractivity contribution in [1.82, 2.24) is 10.3 Å². The average Bonchev–Trinajstić information content (AvgIpc) is 2.74. The van der Waals surface area contributed by atoms with Crippen LogP contribution in [0.15, 0.2) is 24.5 Å². The van der Waals surface area contributed by atoms with Crippen molar-refractivity contribution >= 4 is 0 Å². The summed E-state index contributed by atoms with van der Waals surface area (Å²) in [4.78, 5) is 4.11. The Morgan fingerprint density at radius 2 is 1.85 bits per heavy atom. The van der Waals surface area contributed by atoms with Gasteiger partial charge in [-0.25, -0.2) is 0 Å². The number of aromatic nitrogens is 1. The van der Waals surface area contributed by atoms with Crippen molar-refractivity contribution in [3.63, 3.8) is 0 Å². The molecule has 1 aliphatic carbocycles. The van der Waals surface area contributed by atoms with Crippen molar-refractivity contribution < 1.29 is 4.74 Å². The van der Waals surface area contributed by atoms with Crippen LogP contribution in [0.25, 0.3) is 0 Å². The third-order valence-electron chi connectivity index (χ3n) is 4.63. The van der Waals surface area contributed by atoms with E-state index >= 15 is 0 Å². The van der Waals surface area contributed by atoms with Crippen molar-refractivity contribution in [1.29, 1.82) is 0 Å². The summed E-state index contributed by atoms with van der Waals surface area (Å²) in [5, 5.41) is 3.67. The molecule has 112 valence electrons. The zero-order chi connectivity index (χ0) is 14.3. The molecule has 1 saturated carbocycles. The van der Waals surface area contributed by atoms with Gasteiger partial charge in [0.05, 0.1) is 5.60 Å². The second-order valence-corrected chi connectivity index (χ2v) is 5.85. The molecule has 1 fully saturated rings. The van der Waals surface area contributed by atoms with Gasteiger partial charge in [-0.05, 0) is 43.5 Å². The minimum absolute atomic E-state index is 0.00419. The highest BCUT2D eigenvalue weighted by Gasteiger charge is 2.38. The first-order chi connectivity index (χ1) is 9.80. The first kappa shape index (κ1) is 15.5. The molecule has 1 N–H and O–H groups in total. The lowest BCUT2D eigenvalue weighted by atomic mass is 9.82. The minimum atomic E-state index is -0.00419. The quantitative estimate of drug-likeness (QED) is 0.809. The molecule has 20 heavy (non-hydrogen) atoms. The second kappa shape index (κ2) is 7.75. The van der Waals surface area contributed by atoms with Gasteiger partial charge in [-0.2, -0.15) is 0 Å². The fraction of sp³-hybridized carbons (Fsp3) is 0.706. The van der Waals surface area contributed by atoms with Gasteiger partial charge < -0.3 is 10.1 Å². The second-order valence-electron chi connectivity index (χ2n) is 5.85. The van der Waals surface area contributed by atoms with Gasteiger partial charge >= 0.3 is 0 Å². The molecular weight excluding hydrogens is 248 g/mol. The van der Waals surface area contributed by atoms with Crippen molar-refractivity contribution in [3.05, 3.63) is 30.1 Å². The van der Waals surface area contributed by atoms with Gasteiger partial charge in [-0.1, -0.05) is 32.6 Å². The normalized spacial score (nSPS) is 20.3. The summed E-state index contributed by atoms with van der Waals surface area (Å²) in [6.45, 7) is 3.17. The van der Waals surface area contributed by atoms with E-state index in [0.29, 0.717) is 6.04 Å². The zero-order valence-corrected chi connectivity index (χ0v) is 12.9. The van der Waals surface area contributed by atoms with Crippen LogP contribution in [0.1, 0.15) is 51.0 Å². The number of nitrogens with zero attached hydrogens (tertiary/aromatic N) is 1. The molecule has 1 atom stereocenters. The molecule has 0 aliphatic heterocycles. The molecule has 0 spiro atoms. The summed E-state index contributed by atoms with van der Waals surface area (Å²) in [6, 6.07) is 4.62. The van der Waals surface area contributed by atoms with E-state index in [1.54, 1.807) is 0 Å². The topological polar surface area (TPSA) is 34.2 Å². The summed E-state index contributed by atoms with van der Waals surface area (Å²) >= 11 is 0. The van der Waals surface area contributed by atoms with Gasteiger partial charge in [0.15, 0.2) is 0 Å². The lowest BCUT2D eigenvalue weighted by molar-refractivity contribution is -0.0523. The highest BCUT2D eigenvalue weighted by molar-refractivity contribution is 5.13. The van der Waals surface area contributed by atoms with Crippen molar-refractivity contribution in [3.8, 4) is 0 Å². The molecule has 3 nitrogen and oxygen atoms in total. The Morgan fingerprint density at radius 3 is 2.40 bits per heavy atom. The molecule has 3 heteroatoms. The van der Waals surface area contributed by atoms with Crippen LogP contribution in [0.5, 0.6) is 0 Å². The smallest absolute Gasteiger partial charge is 0.0834 e. The van der Waals surface area contributed by atoms with Crippen LogP contribution in [0, 0.1) is 0 Å². The molecule has 0 bridgehead atoms. The van der Waals surface area contributed by atoms with Gasteiger partial charge in [0.1, 0.15) is 0 Å². The lowest BCUT2D eigenvalue weighted by Gasteiger charge is -2.40. The predicted octanol–water partition coefficient (Wildman–Crippen LogP) is 3.34. The van der Waals surface area contributed by atoms with Crippen LogP contribution in [0.3, 0.4) is 0 Å². The number of pyridine rings is 1. The van der Waals surface area contributed by atoms with Crippen LogP contribution in [0.4, 0.5) is 0 Å². The summed E-state index contributed by atoms with van der Waals surface area (Å²) in [5.41, 5.74) is 1.34. The number of ether oxygens (including phenoxy) is 1. The largest absolute Gasteiger partial charge is 0.377 e. The maximum Gasteiger partial charge on any atom is 0.0834 e. The number of methoxy groups -OCH3 is 1. The van der Waals surface area contributed by atoms with Gasteiger partial charge in [0, 0.05) is 25.5 Å². The Labute approximate surface area is 123 Å². The average molecular weight is 276 g/mol. The SMILES string of the molecule is CCNC(Cc1ccncc1)C1(OC)CCCCCC1. The van der Waals surface area contributed by atoms with Crippen LogP contribution in [-0.4, -0.2) is 30.3 Å². The lowest BCUT2D eigenvalue weighted by Crippen LogP contribution is -2.53. The molecule has 0 amide bonds. The molecule has 1 aliphatic rings. The molecule has 2 rings (SSSR count). The standard InChI is InChI=1S/C17H28N2O/c1-3-19-16(14-15-8-12-18-13-9-15)17(20-2)10-6-4-5-7-11-17/h8-9,12-13,16,19H,3-7,10-11,14H2,1-2H3. The fourth-order valence-electron chi connectivity index (χ4n) is 3.47. The highest BCUT2D eigenvalue weighted by atomic mass is 16.5. The number of rotatable bonds is 6. The van der Waals surface area contributed by atoms with E-state index in [4.69, 9.17) is 4.74 Å². The van der Waals surface area contributed by atoms with Crippen molar-refractivity contribution in [2.75, 3.05) is 13.7 Å². The van der Waals surface area contributed by atoms with Crippen LogP contribution in [-0.2, 0) is 11.2 Å². The summed E-state index contributed by atoms with van der Waals surface area (Å²) in [7, 11) is 1.89. The molecule has 1 heterocycles. The number of likely N-dealkylation sites (N-methyl/N-ethyl adjacent to an activating group) is 1. The molecule has 0 aromatic carbocycles. The van der Waals surface area contributed by atoms with E-state index in [2.05, 4.69) is 29.4 Å². The number of nitrogens with one attached hydrogen (secondary N) is 1. The first-order valence-corrected chi connectivity index (χ1v) is 7.98. The monoisotopic (exact) mass is 276 g/mol. The molecule has 0 radical (unpaired) electrons. The van der Waals surface area contributed by atoms with Gasteiger partial charge in [0.2, 0.25) is 0 Å². The van der Waals surface area contributed by atoms with E-state index in [1.165, 1.54) is 44.1 Å². The molecule has 1 unspecified atom stereocenters. The van der Waals surface area contributed by atoms with E-state index in [9.17, 15) is 0 Å². The molecule has 0 saturated heterocycles. The summed E-state index contributed by atoms with van der Waals surface area (Å²) in [6.07, 6.45) is 12.4. The summed E-state index contributed by atoms with van der Waals surface area (Å²) in [5.74, 6) is 0. The Balaban J connectivity index is 2.15. The Kier molecular flexibility index (Phi) is 5.99. The van der Waals surface area contributed by atoms with E-state index in [0.717, 1.165) is 13.0 Å². The highest BCUT2D eigenvalue weighted by Crippen LogP contribution is 2.34. The maximum absolute atomic E-state index is 6.07. The number of hydrogen-bond acceptors (Lipinski definition) is 3. The van der Waals surface area contributed by atoms with E-state index in [1.807, 2.05) is 19.5 Å². The van der Waals surface area contributed by atoms with Gasteiger partial charge in [-0.3, -0.25) is 4.98 Å². The fourth-order valence-corrected chi connectivity index (χ4v) is 3.47. The third-order valence-corrected chi connectivity index (χ3v) is 4.63. The number of hydrogen-bond donors (Lipinski definition) is 1. The Morgan fingerprint density at radius 1 is 1.20 bits per heavy atom. The van der Waals surface area contributed by atoms with Crippen molar-refractivity contribution in [2.45, 2.75) is 63.5 Å². The zero-order valence-electron chi connectivity index (χ0n) is 12.9. The van der Waals surface area contributed by atoms with E-state index in [-0.39, 0.29) is 5.60 Å². The van der Waals surface area contributed by atoms with Gasteiger partial charge in [0.25, 0.3) is 0 Å². The van der Waals surface area contributed by atoms with Crippen molar-refractivity contribution in [2.24, 2.45) is 0 Å². The van der Waals surface area contributed by atoms with Crippen LogP contribution >= 0.6 is 0 Å². The Bertz CT molecular complexity index is 372. The Hall–Kier alpha value is -0.930. The van der Waals surface area contributed by atoms with E-state index < -0.39 is 0 Å². The van der Waals surface area contributed by atoms with Gasteiger partial charge in [-0.15, -0.1) is 0 Å². The first-order valence-electron chi connectivity index (χ1n) is 7.98. The minimum Gasteiger partial charge on any atom is -0.377 e. The predicted molar refractivity (Wildman–Crippen MR) is 82.8 cm³/mol. The molecule has 1 aromatic rings. The third kappa shape index (κ3) is 3.80. The van der Waals surface area contributed by atoms with Crippen LogP contribution < -0.4 is 5.32 Å².